The average molecular weight is 357 g/mol. The van der Waals surface area contributed by atoms with Crippen molar-refractivity contribution in [2.45, 2.75) is 18.8 Å². The average Bonchev–Trinajstić information content (AvgIpc) is 2.62. The number of hydrogen-bond donors (Lipinski definition) is 1. The highest BCUT2D eigenvalue weighted by Gasteiger charge is 2.36. The number of hydrogen-bond acceptors (Lipinski definition) is 3. The quantitative estimate of drug-likeness (QED) is 0.899. The van der Waals surface area contributed by atoms with Crippen LogP contribution in [0.25, 0.3) is 0 Å². The first-order valence-corrected chi connectivity index (χ1v) is 9.07. The summed E-state index contributed by atoms with van der Waals surface area (Å²) >= 11 is 6.03. The van der Waals surface area contributed by atoms with Gasteiger partial charge >= 0.3 is 0 Å². The van der Waals surface area contributed by atoms with E-state index in [2.05, 4.69) is 4.90 Å². The maximum absolute atomic E-state index is 11.9. The molecular formula is C20H21ClN2O2. The van der Waals surface area contributed by atoms with Crippen LogP contribution >= 0.6 is 11.6 Å². The van der Waals surface area contributed by atoms with E-state index in [-0.39, 0.29) is 5.91 Å². The van der Waals surface area contributed by atoms with Crippen molar-refractivity contribution in [2.24, 2.45) is 11.7 Å². The van der Waals surface area contributed by atoms with Crippen LogP contribution in [0.5, 0.6) is 11.5 Å². The molecule has 130 valence electrons. The smallest absolute Gasteiger partial charge is 0.248 e. The van der Waals surface area contributed by atoms with E-state index in [0.717, 1.165) is 25.2 Å². The van der Waals surface area contributed by atoms with E-state index in [1.165, 1.54) is 12.8 Å². The summed E-state index contributed by atoms with van der Waals surface area (Å²) in [4.78, 5) is 14.4. The van der Waals surface area contributed by atoms with Gasteiger partial charge in [0.1, 0.15) is 11.5 Å². The van der Waals surface area contributed by atoms with Crippen molar-refractivity contribution in [3.05, 3.63) is 58.6 Å². The normalized spacial score (nSPS) is 24.9. The molecule has 1 amide bonds. The zero-order valence-corrected chi connectivity index (χ0v) is 14.7. The van der Waals surface area contributed by atoms with Crippen molar-refractivity contribution < 1.29 is 9.53 Å². The van der Waals surface area contributed by atoms with Crippen LogP contribution in [0.4, 0.5) is 0 Å². The number of carbonyl (C=O) groups is 1. The highest BCUT2D eigenvalue weighted by molar-refractivity contribution is 6.30. The van der Waals surface area contributed by atoms with Crippen LogP contribution in [0.15, 0.2) is 42.5 Å². The van der Waals surface area contributed by atoms with Gasteiger partial charge in [0.2, 0.25) is 5.91 Å². The minimum absolute atomic E-state index is 0.341. The first kappa shape index (κ1) is 16.4. The molecule has 3 aliphatic rings. The topological polar surface area (TPSA) is 55.6 Å². The Morgan fingerprint density at radius 2 is 1.88 bits per heavy atom. The lowest BCUT2D eigenvalue weighted by Crippen LogP contribution is -2.46. The Morgan fingerprint density at radius 1 is 1.12 bits per heavy atom. The summed E-state index contributed by atoms with van der Waals surface area (Å²) in [6.45, 7) is 3.31. The molecule has 3 saturated heterocycles. The molecule has 3 aliphatic heterocycles. The highest BCUT2D eigenvalue weighted by atomic mass is 35.5. The Kier molecular flexibility index (Phi) is 4.40. The summed E-state index contributed by atoms with van der Waals surface area (Å²) in [5.74, 6) is 1.97. The number of carbonyl (C=O) groups excluding carboxylic acids is 1. The monoisotopic (exact) mass is 356 g/mol. The van der Waals surface area contributed by atoms with Crippen LogP contribution in [0.3, 0.4) is 0 Å². The van der Waals surface area contributed by atoms with Gasteiger partial charge in [-0.05, 0) is 73.8 Å². The maximum atomic E-state index is 11.9. The summed E-state index contributed by atoms with van der Waals surface area (Å²) in [7, 11) is 0. The molecule has 25 heavy (non-hydrogen) atoms. The number of fused-ring (bicyclic) bond motifs is 3. The van der Waals surface area contributed by atoms with Gasteiger partial charge in [0.25, 0.3) is 0 Å². The number of primary amides is 1. The van der Waals surface area contributed by atoms with Gasteiger partial charge in [0, 0.05) is 23.0 Å². The standard InChI is InChI=1S/C20H21ClN2O2/c21-14-2-1-3-15(10-14)25-16-4-5-17(20(22)24)18(11-16)19-12-23-8-6-13(19)7-9-23/h1-5,10-11,13,19H,6-9,12H2,(H2,22,24). The lowest BCUT2D eigenvalue weighted by Gasteiger charge is -2.45. The third-order valence-corrected chi connectivity index (χ3v) is 5.61. The number of amides is 1. The summed E-state index contributed by atoms with van der Waals surface area (Å²) in [5, 5.41) is 0.629. The molecule has 3 heterocycles. The molecule has 3 fully saturated rings. The zero-order chi connectivity index (χ0) is 17.4. The van der Waals surface area contributed by atoms with Crippen molar-refractivity contribution >= 4 is 17.5 Å². The van der Waals surface area contributed by atoms with E-state index >= 15 is 0 Å². The molecule has 5 rings (SSSR count). The van der Waals surface area contributed by atoms with Gasteiger partial charge in [-0.3, -0.25) is 4.79 Å². The number of ether oxygens (including phenoxy) is 1. The van der Waals surface area contributed by atoms with Gasteiger partial charge in [0.15, 0.2) is 0 Å². The summed E-state index contributed by atoms with van der Waals surface area (Å²) in [6, 6.07) is 12.9. The Labute approximate surface area is 152 Å². The van der Waals surface area contributed by atoms with Crippen LogP contribution in [0.1, 0.15) is 34.7 Å². The summed E-state index contributed by atoms with van der Waals surface area (Å²) < 4.78 is 5.96. The van der Waals surface area contributed by atoms with Crippen LogP contribution < -0.4 is 10.5 Å². The molecular weight excluding hydrogens is 336 g/mol. The van der Waals surface area contributed by atoms with E-state index in [0.29, 0.717) is 33.9 Å². The molecule has 1 atom stereocenters. The van der Waals surface area contributed by atoms with Crippen molar-refractivity contribution in [3.8, 4) is 11.5 Å². The minimum Gasteiger partial charge on any atom is -0.457 e. The van der Waals surface area contributed by atoms with Crippen LogP contribution in [-0.2, 0) is 0 Å². The highest BCUT2D eigenvalue weighted by Crippen LogP contribution is 2.41. The SMILES string of the molecule is NC(=O)c1ccc(Oc2cccc(Cl)c2)cc1C1CN2CCC1CC2. The van der Waals surface area contributed by atoms with E-state index in [9.17, 15) is 4.79 Å². The predicted octanol–water partition coefficient (Wildman–Crippen LogP) is 4.04. The second-order valence-corrected chi connectivity index (χ2v) is 7.35. The maximum Gasteiger partial charge on any atom is 0.248 e. The molecule has 0 saturated carbocycles. The lowest BCUT2D eigenvalue weighted by molar-refractivity contribution is 0.0855. The van der Waals surface area contributed by atoms with Gasteiger partial charge in [-0.2, -0.15) is 0 Å². The van der Waals surface area contributed by atoms with Crippen molar-refractivity contribution in [1.29, 1.82) is 0 Å². The van der Waals surface area contributed by atoms with Crippen LogP contribution in [-0.4, -0.2) is 30.4 Å². The molecule has 1 unspecified atom stereocenters. The Morgan fingerprint density at radius 3 is 2.52 bits per heavy atom. The Bertz CT molecular complexity index is 800. The molecule has 2 bridgehead atoms. The minimum atomic E-state index is -0.374. The summed E-state index contributed by atoms with van der Waals surface area (Å²) in [6.07, 6.45) is 2.37. The number of piperidine rings is 3. The third-order valence-electron chi connectivity index (χ3n) is 5.38. The van der Waals surface area contributed by atoms with E-state index in [4.69, 9.17) is 22.1 Å². The van der Waals surface area contributed by atoms with E-state index in [1.54, 1.807) is 18.2 Å². The van der Waals surface area contributed by atoms with E-state index < -0.39 is 0 Å². The number of nitrogens with zero attached hydrogens (tertiary/aromatic N) is 1. The summed E-state index contributed by atoms with van der Waals surface area (Å²) in [5.41, 5.74) is 7.25. The fourth-order valence-electron chi connectivity index (χ4n) is 4.12. The fraction of sp³-hybridized carbons (Fsp3) is 0.350. The van der Waals surface area contributed by atoms with E-state index in [1.807, 2.05) is 24.3 Å². The van der Waals surface area contributed by atoms with Gasteiger partial charge in [-0.1, -0.05) is 17.7 Å². The molecule has 0 radical (unpaired) electrons. The number of benzene rings is 2. The fourth-order valence-corrected chi connectivity index (χ4v) is 4.30. The largest absolute Gasteiger partial charge is 0.457 e. The van der Waals surface area contributed by atoms with Crippen LogP contribution in [0, 0.1) is 5.92 Å². The number of nitrogens with two attached hydrogens (primary N) is 1. The van der Waals surface area contributed by atoms with Crippen LogP contribution in [0.2, 0.25) is 5.02 Å². The first-order valence-electron chi connectivity index (χ1n) is 8.69. The van der Waals surface area contributed by atoms with Crippen molar-refractivity contribution in [1.82, 2.24) is 4.90 Å². The van der Waals surface area contributed by atoms with Gasteiger partial charge in [0.05, 0.1) is 0 Å². The molecule has 5 heteroatoms. The predicted molar refractivity (Wildman–Crippen MR) is 98.4 cm³/mol. The molecule has 2 N–H and O–H groups in total. The second-order valence-electron chi connectivity index (χ2n) is 6.92. The van der Waals surface area contributed by atoms with Crippen molar-refractivity contribution in [2.75, 3.05) is 19.6 Å². The molecule has 0 spiro atoms. The van der Waals surface area contributed by atoms with Gasteiger partial charge in [-0.15, -0.1) is 0 Å². The molecule has 0 aliphatic carbocycles. The molecule has 4 nitrogen and oxygen atoms in total. The Hall–Kier alpha value is -2.04. The number of halogens is 1. The lowest BCUT2D eigenvalue weighted by atomic mass is 9.74. The third kappa shape index (κ3) is 3.37. The molecule has 0 aromatic heterocycles. The zero-order valence-electron chi connectivity index (χ0n) is 14.0. The number of rotatable bonds is 4. The second kappa shape index (κ2) is 6.70. The van der Waals surface area contributed by atoms with Crippen molar-refractivity contribution in [3.63, 3.8) is 0 Å². The first-order chi connectivity index (χ1) is 12.1. The molecule has 2 aromatic rings. The van der Waals surface area contributed by atoms with Gasteiger partial charge in [-0.25, -0.2) is 0 Å². The Balaban J connectivity index is 1.67. The molecule has 2 aromatic carbocycles. The van der Waals surface area contributed by atoms with Gasteiger partial charge < -0.3 is 15.4 Å².